The van der Waals surface area contributed by atoms with E-state index in [0.717, 1.165) is 5.56 Å². The van der Waals surface area contributed by atoms with E-state index < -0.39 is 12.0 Å². The molecule has 0 N–H and O–H groups in total. The van der Waals surface area contributed by atoms with Crippen molar-refractivity contribution < 1.29 is 28.5 Å². The van der Waals surface area contributed by atoms with E-state index >= 15 is 0 Å². The first-order valence-corrected chi connectivity index (χ1v) is 14.0. The summed E-state index contributed by atoms with van der Waals surface area (Å²) >= 11 is 1.23. The fourth-order valence-electron chi connectivity index (χ4n) is 4.90. The van der Waals surface area contributed by atoms with Gasteiger partial charge in [-0.3, -0.25) is 9.36 Å². The Morgan fingerprint density at radius 2 is 1.64 bits per heavy atom. The van der Waals surface area contributed by atoms with Gasteiger partial charge in [0.25, 0.3) is 5.56 Å². The largest absolute Gasteiger partial charge is 0.497 e. The molecule has 5 rings (SSSR count). The smallest absolute Gasteiger partial charge is 0.338 e. The Bertz CT molecular complexity index is 1820. The summed E-state index contributed by atoms with van der Waals surface area (Å²) in [6.45, 7) is 1.91. The SMILES string of the molecule is CCOC(=O)C1=C(c2ccccc2)N=c2s/c(=C/c3cc(OC)c(OC)c(OC)c3)c(=O)n2C1c1cccc(OC)c1. The summed E-state index contributed by atoms with van der Waals surface area (Å²) in [6.07, 6.45) is 1.74. The zero-order valence-electron chi connectivity index (χ0n) is 23.9. The maximum atomic E-state index is 14.1. The Kier molecular flexibility index (Phi) is 8.44. The lowest BCUT2D eigenvalue weighted by Gasteiger charge is -2.26. The number of benzene rings is 3. The molecule has 4 aromatic rings. The molecule has 0 fully saturated rings. The fourth-order valence-corrected chi connectivity index (χ4v) is 5.90. The molecule has 1 atom stereocenters. The molecule has 0 aliphatic carbocycles. The highest BCUT2D eigenvalue weighted by molar-refractivity contribution is 7.07. The summed E-state index contributed by atoms with van der Waals surface area (Å²) in [6, 6.07) is 19.4. The molecule has 0 bridgehead atoms. The molecule has 1 aromatic heterocycles. The van der Waals surface area contributed by atoms with Crippen molar-refractivity contribution in [3.05, 3.63) is 109 Å². The van der Waals surface area contributed by atoms with E-state index in [9.17, 15) is 9.59 Å². The van der Waals surface area contributed by atoms with Crippen LogP contribution in [0, 0.1) is 0 Å². The second-order valence-corrected chi connectivity index (χ2v) is 10.2. The van der Waals surface area contributed by atoms with Crippen LogP contribution in [-0.2, 0) is 9.53 Å². The molecule has 0 saturated heterocycles. The van der Waals surface area contributed by atoms with Gasteiger partial charge in [-0.1, -0.05) is 53.8 Å². The Morgan fingerprint density at radius 1 is 0.929 bits per heavy atom. The summed E-state index contributed by atoms with van der Waals surface area (Å²) in [4.78, 5) is 33.1. The van der Waals surface area contributed by atoms with Crippen molar-refractivity contribution in [3.63, 3.8) is 0 Å². The van der Waals surface area contributed by atoms with Gasteiger partial charge in [-0.2, -0.15) is 0 Å². The average molecular weight is 587 g/mol. The molecular formula is C32H30N2O7S. The average Bonchev–Trinajstić information content (AvgIpc) is 3.34. The highest BCUT2D eigenvalue weighted by Gasteiger charge is 2.35. The topological polar surface area (TPSA) is 97.6 Å². The van der Waals surface area contributed by atoms with Gasteiger partial charge < -0.3 is 23.7 Å². The molecule has 216 valence electrons. The zero-order chi connectivity index (χ0) is 29.8. The predicted octanol–water partition coefficient (Wildman–Crippen LogP) is 3.97. The van der Waals surface area contributed by atoms with Crippen molar-refractivity contribution in [1.29, 1.82) is 0 Å². The summed E-state index contributed by atoms with van der Waals surface area (Å²) in [5, 5.41) is 0. The molecule has 9 nitrogen and oxygen atoms in total. The molecule has 1 unspecified atom stereocenters. The monoisotopic (exact) mass is 586 g/mol. The highest BCUT2D eigenvalue weighted by Crippen LogP contribution is 2.39. The minimum Gasteiger partial charge on any atom is -0.497 e. The molecule has 0 saturated carbocycles. The lowest BCUT2D eigenvalue weighted by molar-refractivity contribution is -0.138. The summed E-state index contributed by atoms with van der Waals surface area (Å²) in [5.74, 6) is 1.41. The molecule has 0 amide bonds. The first kappa shape index (κ1) is 28.7. The molecule has 42 heavy (non-hydrogen) atoms. The van der Waals surface area contributed by atoms with Crippen LogP contribution in [0.4, 0.5) is 0 Å². The van der Waals surface area contributed by atoms with Gasteiger partial charge in [0.1, 0.15) is 5.75 Å². The van der Waals surface area contributed by atoms with Crippen LogP contribution in [0.2, 0.25) is 0 Å². The molecule has 2 heterocycles. The number of ether oxygens (including phenoxy) is 5. The van der Waals surface area contributed by atoms with Crippen LogP contribution in [0.25, 0.3) is 11.8 Å². The van der Waals surface area contributed by atoms with E-state index in [4.69, 9.17) is 28.7 Å². The lowest BCUT2D eigenvalue weighted by Crippen LogP contribution is -2.40. The third-order valence-electron chi connectivity index (χ3n) is 6.77. The molecule has 0 radical (unpaired) electrons. The van der Waals surface area contributed by atoms with Crippen LogP contribution < -0.4 is 33.8 Å². The van der Waals surface area contributed by atoms with Crippen LogP contribution in [0.1, 0.15) is 29.7 Å². The van der Waals surface area contributed by atoms with E-state index in [-0.39, 0.29) is 17.7 Å². The second-order valence-electron chi connectivity index (χ2n) is 9.17. The molecular weight excluding hydrogens is 556 g/mol. The van der Waals surface area contributed by atoms with E-state index in [1.807, 2.05) is 54.6 Å². The van der Waals surface area contributed by atoms with Gasteiger partial charge in [0.15, 0.2) is 16.3 Å². The number of esters is 1. The quantitative estimate of drug-likeness (QED) is 0.274. The van der Waals surface area contributed by atoms with E-state index in [2.05, 4.69) is 0 Å². The maximum Gasteiger partial charge on any atom is 0.338 e. The Balaban J connectivity index is 1.82. The zero-order valence-corrected chi connectivity index (χ0v) is 24.7. The number of rotatable bonds is 9. The number of hydrogen-bond donors (Lipinski definition) is 0. The summed E-state index contributed by atoms with van der Waals surface area (Å²) in [7, 11) is 6.16. The van der Waals surface area contributed by atoms with Crippen molar-refractivity contribution in [2.45, 2.75) is 13.0 Å². The van der Waals surface area contributed by atoms with Gasteiger partial charge in [0, 0.05) is 5.56 Å². The summed E-state index contributed by atoms with van der Waals surface area (Å²) < 4.78 is 29.4. The predicted molar refractivity (Wildman–Crippen MR) is 160 cm³/mol. The van der Waals surface area contributed by atoms with Gasteiger partial charge in [0.05, 0.1) is 56.9 Å². The van der Waals surface area contributed by atoms with Crippen LogP contribution >= 0.6 is 11.3 Å². The normalized spacial score (nSPS) is 14.6. The van der Waals surface area contributed by atoms with Crippen molar-refractivity contribution in [3.8, 4) is 23.0 Å². The van der Waals surface area contributed by atoms with Crippen LogP contribution in [0.5, 0.6) is 23.0 Å². The van der Waals surface area contributed by atoms with Gasteiger partial charge >= 0.3 is 5.97 Å². The third kappa shape index (κ3) is 5.28. The Labute approximate surface area is 246 Å². The molecule has 3 aromatic carbocycles. The van der Waals surface area contributed by atoms with Gasteiger partial charge in [0.2, 0.25) is 5.75 Å². The number of aromatic nitrogens is 1. The Morgan fingerprint density at radius 3 is 2.26 bits per heavy atom. The number of carbonyl (C=O) groups excluding carboxylic acids is 1. The first-order valence-electron chi connectivity index (χ1n) is 13.2. The number of methoxy groups -OCH3 is 4. The third-order valence-corrected chi connectivity index (χ3v) is 7.75. The number of carbonyl (C=O) groups is 1. The minimum absolute atomic E-state index is 0.167. The first-order chi connectivity index (χ1) is 20.4. The van der Waals surface area contributed by atoms with Crippen molar-refractivity contribution in [2.24, 2.45) is 4.99 Å². The van der Waals surface area contributed by atoms with Crippen molar-refractivity contribution in [2.75, 3.05) is 35.0 Å². The number of nitrogens with zero attached hydrogens (tertiary/aromatic N) is 2. The number of thiazole rings is 1. The Hall–Kier alpha value is -4.83. The van der Waals surface area contributed by atoms with Gasteiger partial charge in [-0.25, -0.2) is 9.79 Å². The highest BCUT2D eigenvalue weighted by atomic mass is 32.1. The fraction of sp³-hybridized carbons (Fsp3) is 0.219. The van der Waals surface area contributed by atoms with Gasteiger partial charge in [-0.15, -0.1) is 0 Å². The van der Waals surface area contributed by atoms with E-state index in [0.29, 0.717) is 49.2 Å². The molecule has 1 aliphatic heterocycles. The maximum absolute atomic E-state index is 14.1. The van der Waals surface area contributed by atoms with Crippen molar-refractivity contribution >= 4 is 29.1 Å². The van der Waals surface area contributed by atoms with Crippen LogP contribution in [-0.4, -0.2) is 45.6 Å². The van der Waals surface area contributed by atoms with Crippen LogP contribution in [0.15, 0.2) is 82.1 Å². The second kappa shape index (κ2) is 12.4. The standard InChI is InChI=1S/C32H30N2O7S/c1-6-41-31(36)26-27(20-11-8-7-9-12-20)33-32-34(28(26)21-13-10-14-22(18-21)37-2)30(35)25(42-32)17-19-15-23(38-3)29(40-5)24(16-19)39-4/h7-18,28H,6H2,1-5H3/b25-17+. The van der Waals surface area contributed by atoms with Crippen LogP contribution in [0.3, 0.4) is 0 Å². The van der Waals surface area contributed by atoms with Gasteiger partial charge in [-0.05, 0) is 48.4 Å². The molecule has 1 aliphatic rings. The lowest BCUT2D eigenvalue weighted by atomic mass is 9.93. The van der Waals surface area contributed by atoms with E-state index in [1.165, 1.54) is 32.7 Å². The number of fused-ring (bicyclic) bond motifs is 1. The summed E-state index contributed by atoms with van der Waals surface area (Å²) in [5.41, 5.74) is 2.48. The van der Waals surface area contributed by atoms with Crippen molar-refractivity contribution in [1.82, 2.24) is 4.57 Å². The van der Waals surface area contributed by atoms with E-state index in [1.54, 1.807) is 36.8 Å². The molecule has 0 spiro atoms. The minimum atomic E-state index is -0.812. The number of hydrogen-bond acceptors (Lipinski definition) is 9. The molecule has 10 heteroatoms.